The molecule has 2 unspecified atom stereocenters. The second-order valence-electron chi connectivity index (χ2n) is 5.32. The molecule has 2 atom stereocenters. The number of hydrogen-bond acceptors (Lipinski definition) is 3. The van der Waals surface area contributed by atoms with Gasteiger partial charge in [0.05, 0.1) is 11.9 Å². The average Bonchev–Trinajstić information content (AvgIpc) is 2.37. The van der Waals surface area contributed by atoms with Crippen LogP contribution in [0.2, 0.25) is 0 Å². The molecule has 1 fully saturated rings. The van der Waals surface area contributed by atoms with E-state index in [4.69, 9.17) is 5.73 Å². The molecule has 1 aromatic rings. The zero-order valence-electron chi connectivity index (χ0n) is 10.9. The summed E-state index contributed by atoms with van der Waals surface area (Å²) in [5.41, 5.74) is 6.55. The lowest BCUT2D eigenvalue weighted by molar-refractivity contribution is 0.0936. The maximum Gasteiger partial charge on any atom is 0.269 e. The average molecular weight is 247 g/mol. The standard InChI is InChI=1S/C14H21N3O/c1-10-3-2-4-11(7-10)8-17-14(18)13-6-5-12(15)9-16-13/h5-6,9-11H,2-4,7-8,15H2,1H3,(H,17,18). The number of anilines is 1. The molecule has 0 aliphatic heterocycles. The number of nitrogens with two attached hydrogens (primary N) is 1. The molecule has 2 rings (SSSR count). The summed E-state index contributed by atoms with van der Waals surface area (Å²) in [5, 5.41) is 2.97. The largest absolute Gasteiger partial charge is 0.397 e. The lowest BCUT2D eigenvalue weighted by Crippen LogP contribution is -2.31. The van der Waals surface area contributed by atoms with E-state index in [1.165, 1.54) is 31.9 Å². The Morgan fingerprint density at radius 2 is 2.33 bits per heavy atom. The van der Waals surface area contributed by atoms with Crippen molar-refractivity contribution in [3.8, 4) is 0 Å². The van der Waals surface area contributed by atoms with Gasteiger partial charge in [-0.05, 0) is 36.8 Å². The predicted octanol–water partition coefficient (Wildman–Crippen LogP) is 2.22. The lowest BCUT2D eigenvalue weighted by atomic mass is 9.82. The van der Waals surface area contributed by atoms with Crippen molar-refractivity contribution < 1.29 is 4.79 Å². The molecule has 4 nitrogen and oxygen atoms in total. The zero-order chi connectivity index (χ0) is 13.0. The fourth-order valence-corrected chi connectivity index (χ4v) is 2.61. The molecule has 0 spiro atoms. The van der Waals surface area contributed by atoms with Crippen molar-refractivity contribution in [2.75, 3.05) is 12.3 Å². The molecule has 3 N–H and O–H groups in total. The number of hydrogen-bond donors (Lipinski definition) is 2. The Labute approximate surface area is 108 Å². The van der Waals surface area contributed by atoms with E-state index < -0.39 is 0 Å². The second-order valence-corrected chi connectivity index (χ2v) is 5.32. The maximum atomic E-state index is 11.9. The molecular weight excluding hydrogens is 226 g/mol. The number of pyridine rings is 1. The smallest absolute Gasteiger partial charge is 0.269 e. The number of carbonyl (C=O) groups excluding carboxylic acids is 1. The van der Waals surface area contributed by atoms with Gasteiger partial charge in [0.15, 0.2) is 0 Å². The van der Waals surface area contributed by atoms with Crippen LogP contribution in [0.1, 0.15) is 43.1 Å². The first-order valence-electron chi connectivity index (χ1n) is 6.65. The third kappa shape index (κ3) is 3.45. The van der Waals surface area contributed by atoms with Gasteiger partial charge in [-0.15, -0.1) is 0 Å². The van der Waals surface area contributed by atoms with Crippen molar-refractivity contribution in [2.45, 2.75) is 32.6 Å². The van der Waals surface area contributed by atoms with Gasteiger partial charge >= 0.3 is 0 Å². The van der Waals surface area contributed by atoms with Crippen LogP contribution in [0.5, 0.6) is 0 Å². The van der Waals surface area contributed by atoms with Crippen LogP contribution in [-0.2, 0) is 0 Å². The fourth-order valence-electron chi connectivity index (χ4n) is 2.61. The molecule has 98 valence electrons. The lowest BCUT2D eigenvalue weighted by Gasteiger charge is -2.26. The van der Waals surface area contributed by atoms with Crippen molar-refractivity contribution in [1.29, 1.82) is 0 Å². The molecule has 1 saturated carbocycles. The quantitative estimate of drug-likeness (QED) is 0.860. The van der Waals surface area contributed by atoms with E-state index in [1.54, 1.807) is 12.1 Å². The molecule has 1 aromatic heterocycles. The monoisotopic (exact) mass is 247 g/mol. The first-order valence-corrected chi connectivity index (χ1v) is 6.65. The van der Waals surface area contributed by atoms with E-state index in [1.807, 2.05) is 0 Å². The predicted molar refractivity (Wildman–Crippen MR) is 72.1 cm³/mol. The molecule has 0 bridgehead atoms. The topological polar surface area (TPSA) is 68.0 Å². The third-order valence-corrected chi connectivity index (χ3v) is 3.62. The van der Waals surface area contributed by atoms with Crippen molar-refractivity contribution in [1.82, 2.24) is 10.3 Å². The van der Waals surface area contributed by atoms with Gasteiger partial charge in [-0.1, -0.05) is 19.8 Å². The first kappa shape index (κ1) is 12.9. The van der Waals surface area contributed by atoms with Gasteiger partial charge in [-0.25, -0.2) is 4.98 Å². The molecule has 0 radical (unpaired) electrons. The first-order chi connectivity index (χ1) is 8.65. The summed E-state index contributed by atoms with van der Waals surface area (Å²) in [6, 6.07) is 3.36. The summed E-state index contributed by atoms with van der Waals surface area (Å²) in [5.74, 6) is 1.30. The highest BCUT2D eigenvalue weighted by Gasteiger charge is 2.19. The number of nitrogens with one attached hydrogen (secondary N) is 1. The Morgan fingerprint density at radius 1 is 1.50 bits per heavy atom. The summed E-state index contributed by atoms with van der Waals surface area (Å²) >= 11 is 0. The normalized spacial score (nSPS) is 23.6. The number of rotatable bonds is 3. The molecule has 0 saturated heterocycles. The van der Waals surface area contributed by atoms with Gasteiger partial charge in [0, 0.05) is 6.54 Å². The van der Waals surface area contributed by atoms with Gasteiger partial charge in [0.1, 0.15) is 5.69 Å². The maximum absolute atomic E-state index is 11.9. The minimum atomic E-state index is -0.103. The minimum Gasteiger partial charge on any atom is -0.397 e. The molecule has 0 aromatic carbocycles. The zero-order valence-corrected chi connectivity index (χ0v) is 10.9. The Kier molecular flexibility index (Phi) is 4.18. The van der Waals surface area contributed by atoms with E-state index >= 15 is 0 Å². The molecule has 1 aliphatic rings. The van der Waals surface area contributed by atoms with Gasteiger partial charge in [-0.3, -0.25) is 4.79 Å². The summed E-state index contributed by atoms with van der Waals surface area (Å²) < 4.78 is 0. The molecule has 1 aliphatic carbocycles. The summed E-state index contributed by atoms with van der Waals surface area (Å²) in [7, 11) is 0. The van der Waals surface area contributed by atoms with Crippen LogP contribution in [0, 0.1) is 11.8 Å². The van der Waals surface area contributed by atoms with Crippen LogP contribution in [0.25, 0.3) is 0 Å². The van der Waals surface area contributed by atoms with Crippen LogP contribution in [0.15, 0.2) is 18.3 Å². The van der Waals surface area contributed by atoms with Crippen LogP contribution in [-0.4, -0.2) is 17.4 Å². The van der Waals surface area contributed by atoms with Crippen LogP contribution < -0.4 is 11.1 Å². The molecule has 1 amide bonds. The SMILES string of the molecule is CC1CCCC(CNC(=O)c2ccc(N)cn2)C1. The Bertz CT molecular complexity index is 402. The Balaban J connectivity index is 1.82. The second kappa shape index (κ2) is 5.85. The third-order valence-electron chi connectivity index (χ3n) is 3.62. The van der Waals surface area contributed by atoms with Crippen molar-refractivity contribution in [3.05, 3.63) is 24.0 Å². The fraction of sp³-hybridized carbons (Fsp3) is 0.571. The Morgan fingerprint density at radius 3 is 3.00 bits per heavy atom. The minimum absolute atomic E-state index is 0.103. The molecular formula is C14H21N3O. The van der Waals surface area contributed by atoms with Crippen molar-refractivity contribution >= 4 is 11.6 Å². The van der Waals surface area contributed by atoms with E-state index in [0.717, 1.165) is 12.5 Å². The van der Waals surface area contributed by atoms with Crippen LogP contribution in [0.3, 0.4) is 0 Å². The Hall–Kier alpha value is -1.58. The van der Waals surface area contributed by atoms with E-state index in [-0.39, 0.29) is 5.91 Å². The van der Waals surface area contributed by atoms with E-state index in [9.17, 15) is 4.79 Å². The number of carbonyl (C=O) groups is 1. The highest BCUT2D eigenvalue weighted by molar-refractivity contribution is 5.92. The molecule has 4 heteroatoms. The van der Waals surface area contributed by atoms with Crippen LogP contribution in [0.4, 0.5) is 5.69 Å². The number of nitrogen functional groups attached to an aromatic ring is 1. The van der Waals surface area contributed by atoms with Gasteiger partial charge < -0.3 is 11.1 Å². The number of nitrogens with zero attached hydrogens (tertiary/aromatic N) is 1. The summed E-state index contributed by atoms with van der Waals surface area (Å²) in [6.07, 6.45) is 6.55. The molecule has 1 heterocycles. The van der Waals surface area contributed by atoms with E-state index in [2.05, 4.69) is 17.2 Å². The number of amides is 1. The highest BCUT2D eigenvalue weighted by atomic mass is 16.1. The van der Waals surface area contributed by atoms with Crippen molar-refractivity contribution in [2.24, 2.45) is 11.8 Å². The van der Waals surface area contributed by atoms with Gasteiger partial charge in [0.2, 0.25) is 0 Å². The van der Waals surface area contributed by atoms with Crippen LogP contribution >= 0.6 is 0 Å². The van der Waals surface area contributed by atoms with E-state index in [0.29, 0.717) is 17.3 Å². The molecule has 18 heavy (non-hydrogen) atoms. The summed E-state index contributed by atoms with van der Waals surface area (Å²) in [4.78, 5) is 15.9. The van der Waals surface area contributed by atoms with Gasteiger partial charge in [0.25, 0.3) is 5.91 Å². The van der Waals surface area contributed by atoms with Gasteiger partial charge in [-0.2, -0.15) is 0 Å². The number of aromatic nitrogens is 1. The van der Waals surface area contributed by atoms with Crippen molar-refractivity contribution in [3.63, 3.8) is 0 Å². The summed E-state index contributed by atoms with van der Waals surface area (Å²) in [6.45, 7) is 3.05. The highest BCUT2D eigenvalue weighted by Crippen LogP contribution is 2.27.